The number of hydrogen-bond donors (Lipinski definition) is 3. The molecule has 3 fully saturated rings. The van der Waals surface area contributed by atoms with Gasteiger partial charge in [-0.15, -0.1) is 0 Å². The van der Waals surface area contributed by atoms with Crippen molar-refractivity contribution in [3.63, 3.8) is 0 Å². The lowest BCUT2D eigenvalue weighted by Crippen LogP contribution is -2.60. The third-order valence-corrected chi connectivity index (χ3v) is 6.30. The summed E-state index contributed by atoms with van der Waals surface area (Å²) in [5, 5.41) is 30.8. The number of aliphatic hydroxyl groups is 3. The van der Waals surface area contributed by atoms with Gasteiger partial charge in [0, 0.05) is 17.9 Å². The number of rotatable bonds is 2. The molecule has 0 radical (unpaired) electrons. The quantitative estimate of drug-likeness (QED) is 0.694. The molecule has 3 aliphatic rings. The molecule has 7 atom stereocenters. The summed E-state index contributed by atoms with van der Waals surface area (Å²) in [6, 6.07) is 0. The lowest BCUT2D eigenvalue weighted by atomic mass is 9.54. The van der Waals surface area contributed by atoms with Gasteiger partial charge in [0.2, 0.25) is 0 Å². The van der Waals surface area contributed by atoms with Crippen LogP contribution in [-0.4, -0.2) is 46.3 Å². The molecule has 3 N–H and O–H groups in total. The first-order chi connectivity index (χ1) is 8.81. The highest BCUT2D eigenvalue weighted by atomic mass is 16.5. The molecular formula is C15H26O4. The summed E-state index contributed by atoms with van der Waals surface area (Å²) in [6.07, 6.45) is 1.11. The predicted octanol–water partition coefficient (Wildman–Crippen LogP) is 0.788. The molecule has 1 aliphatic heterocycles. The minimum absolute atomic E-state index is 0.00184. The van der Waals surface area contributed by atoms with E-state index < -0.39 is 11.7 Å². The van der Waals surface area contributed by atoms with Gasteiger partial charge in [-0.25, -0.2) is 0 Å². The molecule has 3 rings (SSSR count). The molecule has 4 heteroatoms. The molecule has 1 heterocycles. The molecule has 4 nitrogen and oxygen atoms in total. The SMILES string of the molecule is CC(C)(O)[C@H]1C2COC1[C@@H](O)[C@]1(C)C2CC[C@H]1CO. The Morgan fingerprint density at radius 1 is 1.32 bits per heavy atom. The Labute approximate surface area is 114 Å². The zero-order valence-corrected chi connectivity index (χ0v) is 12.0. The monoisotopic (exact) mass is 270 g/mol. The zero-order chi connectivity index (χ0) is 14.0. The van der Waals surface area contributed by atoms with Crippen LogP contribution in [0.3, 0.4) is 0 Å². The van der Waals surface area contributed by atoms with Gasteiger partial charge in [-0.3, -0.25) is 0 Å². The van der Waals surface area contributed by atoms with Crippen LogP contribution in [0.4, 0.5) is 0 Å². The second-order valence-corrected chi connectivity index (χ2v) is 7.52. The molecule has 0 aromatic carbocycles. The van der Waals surface area contributed by atoms with E-state index in [1.807, 2.05) is 13.8 Å². The van der Waals surface area contributed by atoms with Crippen molar-refractivity contribution in [2.45, 2.75) is 51.4 Å². The van der Waals surface area contributed by atoms with Crippen LogP contribution in [0.15, 0.2) is 0 Å². The third-order valence-electron chi connectivity index (χ3n) is 6.30. The highest BCUT2D eigenvalue weighted by Gasteiger charge is 2.66. The first kappa shape index (κ1) is 13.8. The lowest BCUT2D eigenvalue weighted by Gasteiger charge is -2.52. The van der Waals surface area contributed by atoms with E-state index in [2.05, 4.69) is 6.92 Å². The van der Waals surface area contributed by atoms with Crippen LogP contribution >= 0.6 is 0 Å². The molecular weight excluding hydrogens is 244 g/mol. The van der Waals surface area contributed by atoms with Gasteiger partial charge in [0.25, 0.3) is 0 Å². The van der Waals surface area contributed by atoms with Crippen molar-refractivity contribution in [3.05, 3.63) is 0 Å². The summed E-state index contributed by atoms with van der Waals surface area (Å²) < 4.78 is 5.83. The van der Waals surface area contributed by atoms with Crippen LogP contribution < -0.4 is 0 Å². The molecule has 2 bridgehead atoms. The maximum absolute atomic E-state index is 10.8. The standard InChI is InChI=1S/C15H26O4/c1-14(2,18)11-9-7-19-12(11)13(17)15(3)8(6-16)4-5-10(9)15/h8-13,16-18H,4-7H2,1-3H3/t8-,9?,10?,11-,12?,13+,15-/m0/s1. The molecule has 110 valence electrons. The van der Waals surface area contributed by atoms with Crippen LogP contribution in [0.2, 0.25) is 0 Å². The van der Waals surface area contributed by atoms with E-state index in [9.17, 15) is 15.3 Å². The maximum Gasteiger partial charge on any atom is 0.0898 e. The normalized spacial score (nSPS) is 53.4. The average molecular weight is 270 g/mol. The van der Waals surface area contributed by atoms with Gasteiger partial charge in [0.15, 0.2) is 0 Å². The number of hydrogen-bond acceptors (Lipinski definition) is 4. The number of fused-ring (bicyclic) bond motifs is 4. The lowest BCUT2D eigenvalue weighted by molar-refractivity contribution is -0.168. The fourth-order valence-corrected chi connectivity index (χ4v) is 5.34. The van der Waals surface area contributed by atoms with Crippen molar-refractivity contribution < 1.29 is 20.1 Å². The highest BCUT2D eigenvalue weighted by Crippen LogP contribution is 2.62. The Morgan fingerprint density at radius 3 is 2.58 bits per heavy atom. The summed E-state index contributed by atoms with van der Waals surface area (Å²) in [4.78, 5) is 0. The van der Waals surface area contributed by atoms with Crippen LogP contribution in [0.1, 0.15) is 33.6 Å². The van der Waals surface area contributed by atoms with Gasteiger partial charge in [0.1, 0.15) is 0 Å². The van der Waals surface area contributed by atoms with Gasteiger partial charge in [-0.05, 0) is 44.4 Å². The molecule has 0 amide bonds. The molecule has 2 aliphatic carbocycles. The van der Waals surface area contributed by atoms with E-state index in [1.165, 1.54) is 0 Å². The van der Waals surface area contributed by atoms with Gasteiger partial charge in [0.05, 0.1) is 24.4 Å². The van der Waals surface area contributed by atoms with Gasteiger partial charge >= 0.3 is 0 Å². The van der Waals surface area contributed by atoms with Crippen molar-refractivity contribution in [2.75, 3.05) is 13.2 Å². The maximum atomic E-state index is 10.8. The van der Waals surface area contributed by atoms with Crippen molar-refractivity contribution in [2.24, 2.45) is 29.1 Å². The van der Waals surface area contributed by atoms with Gasteiger partial charge < -0.3 is 20.1 Å². The van der Waals surface area contributed by atoms with E-state index in [0.29, 0.717) is 18.4 Å². The van der Waals surface area contributed by atoms with Crippen molar-refractivity contribution in [1.82, 2.24) is 0 Å². The topological polar surface area (TPSA) is 69.9 Å². The Kier molecular flexibility index (Phi) is 3.03. The summed E-state index contributed by atoms with van der Waals surface area (Å²) >= 11 is 0. The summed E-state index contributed by atoms with van der Waals surface area (Å²) in [6.45, 7) is 6.51. The van der Waals surface area contributed by atoms with E-state index in [-0.39, 0.29) is 30.0 Å². The largest absolute Gasteiger partial charge is 0.396 e. The Hall–Kier alpha value is -0.160. The van der Waals surface area contributed by atoms with Gasteiger partial charge in [-0.2, -0.15) is 0 Å². The average Bonchev–Trinajstić information content (AvgIpc) is 2.86. The van der Waals surface area contributed by atoms with Crippen LogP contribution in [0.25, 0.3) is 0 Å². The molecule has 3 unspecified atom stereocenters. The molecule has 0 spiro atoms. The molecule has 2 saturated carbocycles. The van der Waals surface area contributed by atoms with E-state index in [1.54, 1.807) is 0 Å². The molecule has 0 aromatic rings. The van der Waals surface area contributed by atoms with E-state index in [0.717, 1.165) is 12.8 Å². The van der Waals surface area contributed by atoms with Crippen LogP contribution in [0.5, 0.6) is 0 Å². The second kappa shape index (κ2) is 4.17. The minimum Gasteiger partial charge on any atom is -0.396 e. The first-order valence-corrected chi connectivity index (χ1v) is 7.44. The Balaban J connectivity index is 2.00. The Morgan fingerprint density at radius 2 is 2.00 bits per heavy atom. The highest BCUT2D eigenvalue weighted by molar-refractivity contribution is 5.14. The van der Waals surface area contributed by atoms with Crippen LogP contribution in [0, 0.1) is 29.1 Å². The summed E-state index contributed by atoms with van der Waals surface area (Å²) in [5.41, 5.74) is -1.09. The van der Waals surface area contributed by atoms with E-state index >= 15 is 0 Å². The summed E-state index contributed by atoms with van der Waals surface area (Å²) in [7, 11) is 0. The molecule has 0 aromatic heterocycles. The summed E-state index contributed by atoms with van der Waals surface area (Å²) in [5.74, 6) is 0.796. The number of ether oxygens (including phenoxy) is 1. The molecule has 1 saturated heterocycles. The van der Waals surface area contributed by atoms with Gasteiger partial charge in [-0.1, -0.05) is 6.92 Å². The fourth-order valence-electron chi connectivity index (χ4n) is 5.34. The number of aliphatic hydroxyl groups excluding tert-OH is 2. The molecule has 19 heavy (non-hydrogen) atoms. The Bertz CT molecular complexity index is 364. The predicted molar refractivity (Wildman–Crippen MR) is 70.4 cm³/mol. The minimum atomic E-state index is -0.828. The van der Waals surface area contributed by atoms with Crippen LogP contribution in [-0.2, 0) is 4.74 Å². The van der Waals surface area contributed by atoms with Crippen molar-refractivity contribution in [3.8, 4) is 0 Å². The van der Waals surface area contributed by atoms with Crippen molar-refractivity contribution in [1.29, 1.82) is 0 Å². The second-order valence-electron chi connectivity index (χ2n) is 7.52. The third kappa shape index (κ3) is 1.67. The zero-order valence-electron chi connectivity index (χ0n) is 12.0. The fraction of sp³-hybridized carbons (Fsp3) is 1.00. The van der Waals surface area contributed by atoms with E-state index in [4.69, 9.17) is 4.74 Å². The van der Waals surface area contributed by atoms with Crippen molar-refractivity contribution >= 4 is 0 Å². The first-order valence-electron chi connectivity index (χ1n) is 7.44. The smallest absolute Gasteiger partial charge is 0.0898 e.